The first-order chi connectivity index (χ1) is 12.6. The smallest absolute Gasteiger partial charge is 0.241 e. The number of anilines is 1. The molecule has 2 atom stereocenters. The van der Waals surface area contributed by atoms with Gasteiger partial charge in [-0.2, -0.15) is 5.26 Å². The van der Waals surface area contributed by atoms with Crippen LogP contribution in [0.15, 0.2) is 48.5 Å². The first-order valence-corrected chi connectivity index (χ1v) is 8.47. The van der Waals surface area contributed by atoms with E-state index in [1.54, 1.807) is 24.3 Å². The average molecular weight is 351 g/mol. The van der Waals surface area contributed by atoms with Crippen LogP contribution in [0.1, 0.15) is 12.5 Å². The van der Waals surface area contributed by atoms with E-state index in [1.807, 2.05) is 43.1 Å². The number of nitrogens with zero attached hydrogens (tertiary/aromatic N) is 2. The molecular weight excluding hydrogens is 330 g/mol. The second kappa shape index (κ2) is 7.89. The highest BCUT2D eigenvalue weighted by molar-refractivity contribution is 5.95. The zero-order valence-electron chi connectivity index (χ0n) is 14.8. The molecule has 0 bridgehead atoms. The molecule has 2 aromatic carbocycles. The Kier molecular flexibility index (Phi) is 5.40. The number of para-hydroxylation sites is 3. The highest BCUT2D eigenvalue weighted by Crippen LogP contribution is 2.31. The summed E-state index contributed by atoms with van der Waals surface area (Å²) in [4.78, 5) is 14.4. The molecule has 6 heteroatoms. The number of carbonyl (C=O) groups is 1. The van der Waals surface area contributed by atoms with Gasteiger partial charge in [0.15, 0.2) is 11.5 Å². The van der Waals surface area contributed by atoms with E-state index in [0.717, 1.165) is 11.5 Å². The molecule has 6 nitrogen and oxygen atoms in total. The summed E-state index contributed by atoms with van der Waals surface area (Å²) < 4.78 is 11.7. The zero-order chi connectivity index (χ0) is 18.5. The maximum Gasteiger partial charge on any atom is 0.241 e. The third-order valence-corrected chi connectivity index (χ3v) is 4.41. The minimum absolute atomic E-state index is 0.156. The van der Waals surface area contributed by atoms with Crippen molar-refractivity contribution < 1.29 is 14.3 Å². The van der Waals surface area contributed by atoms with Crippen LogP contribution in [0.5, 0.6) is 11.5 Å². The van der Waals surface area contributed by atoms with Gasteiger partial charge >= 0.3 is 0 Å². The normalized spacial score (nSPS) is 16.6. The molecule has 0 aliphatic carbocycles. The van der Waals surface area contributed by atoms with Crippen LogP contribution < -0.4 is 14.8 Å². The largest absolute Gasteiger partial charge is 0.486 e. The minimum atomic E-state index is -0.387. The van der Waals surface area contributed by atoms with Gasteiger partial charge in [0, 0.05) is 6.54 Å². The highest BCUT2D eigenvalue weighted by atomic mass is 16.6. The molecule has 1 N–H and O–H groups in total. The molecule has 0 aromatic heterocycles. The van der Waals surface area contributed by atoms with Crippen LogP contribution in [0.25, 0.3) is 0 Å². The van der Waals surface area contributed by atoms with Crippen LogP contribution in [-0.2, 0) is 4.79 Å². The fourth-order valence-electron chi connectivity index (χ4n) is 2.76. The summed E-state index contributed by atoms with van der Waals surface area (Å²) in [5.41, 5.74) is 0.961. The molecule has 134 valence electrons. The fourth-order valence-corrected chi connectivity index (χ4v) is 2.76. The minimum Gasteiger partial charge on any atom is -0.486 e. The summed E-state index contributed by atoms with van der Waals surface area (Å²) in [6, 6.07) is 16.2. The number of hydrogen-bond acceptors (Lipinski definition) is 5. The number of rotatable bonds is 5. The summed E-state index contributed by atoms with van der Waals surface area (Å²) in [6.07, 6.45) is -0.156. The third-order valence-electron chi connectivity index (χ3n) is 4.41. The molecule has 1 amide bonds. The standard InChI is InChI=1S/C20H21N3O3/c1-14(20(24)22-17-8-4-3-7-15(17)11-21)23(2)12-16-13-25-18-9-5-6-10-19(18)26-16/h3-10,14,16H,12-13H2,1-2H3,(H,22,24)/t14-,16+/m0/s1. The molecule has 2 aromatic rings. The van der Waals surface area contributed by atoms with E-state index < -0.39 is 0 Å². The van der Waals surface area contributed by atoms with Crippen molar-refractivity contribution in [3.8, 4) is 17.6 Å². The van der Waals surface area contributed by atoms with Gasteiger partial charge in [0.25, 0.3) is 0 Å². The number of nitriles is 1. The number of carbonyl (C=O) groups excluding carboxylic acids is 1. The maximum absolute atomic E-state index is 12.5. The first-order valence-electron chi connectivity index (χ1n) is 8.47. The Labute approximate surface area is 152 Å². The lowest BCUT2D eigenvalue weighted by molar-refractivity contribution is -0.120. The Balaban J connectivity index is 1.58. The van der Waals surface area contributed by atoms with Crippen molar-refractivity contribution in [2.45, 2.75) is 19.1 Å². The van der Waals surface area contributed by atoms with Crippen molar-refractivity contribution in [2.24, 2.45) is 0 Å². The zero-order valence-corrected chi connectivity index (χ0v) is 14.8. The van der Waals surface area contributed by atoms with Crippen LogP contribution in [0.3, 0.4) is 0 Å². The molecule has 1 aliphatic heterocycles. The van der Waals surface area contributed by atoms with Crippen LogP contribution in [0.2, 0.25) is 0 Å². The van der Waals surface area contributed by atoms with E-state index >= 15 is 0 Å². The lowest BCUT2D eigenvalue weighted by atomic mass is 10.1. The van der Waals surface area contributed by atoms with Gasteiger partial charge in [-0.05, 0) is 38.2 Å². The van der Waals surface area contributed by atoms with Gasteiger partial charge in [-0.25, -0.2) is 0 Å². The van der Waals surface area contributed by atoms with E-state index in [2.05, 4.69) is 11.4 Å². The maximum atomic E-state index is 12.5. The van der Waals surface area contributed by atoms with E-state index in [9.17, 15) is 4.79 Å². The molecule has 0 saturated heterocycles. The van der Waals surface area contributed by atoms with E-state index in [0.29, 0.717) is 24.4 Å². The van der Waals surface area contributed by atoms with Crippen LogP contribution in [0.4, 0.5) is 5.69 Å². The Bertz CT molecular complexity index is 831. The van der Waals surface area contributed by atoms with Crippen molar-refractivity contribution in [3.63, 3.8) is 0 Å². The summed E-state index contributed by atoms with van der Waals surface area (Å²) in [7, 11) is 1.87. The van der Waals surface area contributed by atoms with Crippen molar-refractivity contribution in [1.82, 2.24) is 4.90 Å². The second-order valence-electron chi connectivity index (χ2n) is 6.26. The predicted molar refractivity (Wildman–Crippen MR) is 98.2 cm³/mol. The van der Waals surface area contributed by atoms with E-state index in [1.165, 1.54) is 0 Å². The van der Waals surface area contributed by atoms with Gasteiger partial charge in [-0.1, -0.05) is 24.3 Å². The number of likely N-dealkylation sites (N-methyl/N-ethyl adjacent to an activating group) is 1. The molecule has 0 unspecified atom stereocenters. The Hall–Kier alpha value is -3.04. The van der Waals surface area contributed by atoms with Gasteiger partial charge in [0.2, 0.25) is 5.91 Å². The number of benzene rings is 2. The van der Waals surface area contributed by atoms with E-state index in [-0.39, 0.29) is 18.1 Å². The van der Waals surface area contributed by atoms with Gasteiger partial charge < -0.3 is 14.8 Å². The fraction of sp³-hybridized carbons (Fsp3) is 0.300. The van der Waals surface area contributed by atoms with Crippen LogP contribution in [0, 0.1) is 11.3 Å². The quantitative estimate of drug-likeness (QED) is 0.896. The monoisotopic (exact) mass is 351 g/mol. The van der Waals surface area contributed by atoms with Gasteiger partial charge in [0.1, 0.15) is 18.8 Å². The highest BCUT2D eigenvalue weighted by Gasteiger charge is 2.26. The molecular formula is C20H21N3O3. The molecule has 0 spiro atoms. The Morgan fingerprint density at radius 2 is 1.96 bits per heavy atom. The molecule has 26 heavy (non-hydrogen) atoms. The summed E-state index contributed by atoms with van der Waals surface area (Å²) >= 11 is 0. The molecule has 0 fully saturated rings. The molecule has 1 aliphatic rings. The van der Waals surface area contributed by atoms with E-state index in [4.69, 9.17) is 14.7 Å². The molecule has 0 radical (unpaired) electrons. The molecule has 3 rings (SSSR count). The number of hydrogen-bond donors (Lipinski definition) is 1. The third kappa shape index (κ3) is 3.95. The second-order valence-corrected chi connectivity index (χ2v) is 6.26. The summed E-state index contributed by atoms with van der Waals surface area (Å²) in [5, 5.41) is 12.0. The summed E-state index contributed by atoms with van der Waals surface area (Å²) in [5.74, 6) is 1.29. The number of fused-ring (bicyclic) bond motifs is 1. The van der Waals surface area contributed by atoms with Crippen molar-refractivity contribution in [2.75, 3.05) is 25.5 Å². The first kappa shape index (κ1) is 17.8. The van der Waals surface area contributed by atoms with Crippen molar-refractivity contribution in [1.29, 1.82) is 5.26 Å². The van der Waals surface area contributed by atoms with Gasteiger partial charge in [-0.3, -0.25) is 9.69 Å². The number of ether oxygens (including phenoxy) is 2. The van der Waals surface area contributed by atoms with Crippen LogP contribution in [-0.4, -0.2) is 43.2 Å². The molecule has 1 heterocycles. The topological polar surface area (TPSA) is 74.6 Å². The van der Waals surface area contributed by atoms with Crippen molar-refractivity contribution >= 4 is 11.6 Å². The lowest BCUT2D eigenvalue weighted by Crippen LogP contribution is -2.46. The SMILES string of the molecule is C[C@@H](C(=O)Nc1ccccc1C#N)N(C)C[C@@H]1COc2ccccc2O1. The van der Waals surface area contributed by atoms with Gasteiger partial charge in [-0.15, -0.1) is 0 Å². The van der Waals surface area contributed by atoms with Crippen LogP contribution >= 0.6 is 0 Å². The molecule has 0 saturated carbocycles. The Morgan fingerprint density at radius 1 is 1.27 bits per heavy atom. The lowest BCUT2D eigenvalue weighted by Gasteiger charge is -2.31. The predicted octanol–water partition coefficient (Wildman–Crippen LogP) is 2.66. The van der Waals surface area contributed by atoms with Crippen molar-refractivity contribution in [3.05, 3.63) is 54.1 Å². The number of amides is 1. The Morgan fingerprint density at radius 3 is 2.73 bits per heavy atom. The average Bonchev–Trinajstić information content (AvgIpc) is 2.67. The summed E-state index contributed by atoms with van der Waals surface area (Å²) in [6.45, 7) is 2.80. The van der Waals surface area contributed by atoms with Gasteiger partial charge in [0.05, 0.1) is 17.3 Å². The number of nitrogens with one attached hydrogen (secondary N) is 1.